The number of hydrogen-bond acceptors (Lipinski definition) is 4. The Morgan fingerprint density at radius 1 is 1.19 bits per heavy atom. The normalized spacial score (nSPS) is 16.0. The first-order chi connectivity index (χ1) is 13.0. The van der Waals surface area contributed by atoms with E-state index in [1.54, 1.807) is 16.8 Å². The number of aryl methyl sites for hydroxylation is 2. The van der Waals surface area contributed by atoms with Crippen molar-refractivity contribution < 1.29 is 14.6 Å². The molecular weight excluding hydrogens is 342 g/mol. The van der Waals surface area contributed by atoms with E-state index in [4.69, 9.17) is 4.74 Å². The maximum atomic E-state index is 12.4. The van der Waals surface area contributed by atoms with Crippen molar-refractivity contribution >= 4 is 11.7 Å². The quantitative estimate of drug-likeness (QED) is 0.744. The minimum atomic E-state index is -0.176. The molecule has 3 aromatic rings. The van der Waals surface area contributed by atoms with Crippen molar-refractivity contribution in [3.63, 3.8) is 0 Å². The third-order valence-corrected chi connectivity index (χ3v) is 4.99. The van der Waals surface area contributed by atoms with Crippen LogP contribution in [0.25, 0.3) is 5.69 Å². The molecule has 2 N–H and O–H groups in total. The van der Waals surface area contributed by atoms with Crippen molar-refractivity contribution in [2.45, 2.75) is 26.2 Å². The molecule has 0 fully saturated rings. The van der Waals surface area contributed by atoms with E-state index in [-0.39, 0.29) is 17.6 Å². The number of carbonyl (C=O) groups is 1. The minimum Gasteiger partial charge on any atom is -0.504 e. The van der Waals surface area contributed by atoms with Crippen molar-refractivity contribution in [1.82, 2.24) is 9.78 Å². The number of ether oxygens (including phenoxy) is 1. The van der Waals surface area contributed by atoms with Gasteiger partial charge in [-0.3, -0.25) is 4.79 Å². The third-order valence-electron chi connectivity index (χ3n) is 4.99. The molecule has 0 spiro atoms. The van der Waals surface area contributed by atoms with E-state index in [1.807, 2.05) is 44.2 Å². The summed E-state index contributed by atoms with van der Waals surface area (Å²) in [6.45, 7) is 3.97. The number of anilines is 1. The lowest BCUT2D eigenvalue weighted by Gasteiger charge is -2.24. The Morgan fingerprint density at radius 3 is 2.59 bits per heavy atom. The number of fused-ring (bicyclic) bond motifs is 1. The van der Waals surface area contributed by atoms with Gasteiger partial charge in [0.1, 0.15) is 5.82 Å². The lowest BCUT2D eigenvalue weighted by atomic mass is 9.85. The molecule has 1 amide bonds. The monoisotopic (exact) mass is 363 g/mol. The summed E-state index contributed by atoms with van der Waals surface area (Å²) < 4.78 is 6.90. The van der Waals surface area contributed by atoms with Crippen molar-refractivity contribution in [3.8, 4) is 17.2 Å². The number of phenols is 1. The number of hydrogen-bond donors (Lipinski definition) is 2. The predicted octanol–water partition coefficient (Wildman–Crippen LogP) is 3.68. The van der Waals surface area contributed by atoms with Gasteiger partial charge in [-0.1, -0.05) is 23.8 Å². The first-order valence-corrected chi connectivity index (χ1v) is 8.81. The second kappa shape index (κ2) is 6.46. The maximum absolute atomic E-state index is 12.4. The number of nitrogens with zero attached hydrogens (tertiary/aromatic N) is 2. The second-order valence-electron chi connectivity index (χ2n) is 6.83. The summed E-state index contributed by atoms with van der Waals surface area (Å²) >= 11 is 0. The van der Waals surface area contributed by atoms with Gasteiger partial charge >= 0.3 is 0 Å². The van der Waals surface area contributed by atoms with Gasteiger partial charge in [-0.05, 0) is 43.7 Å². The van der Waals surface area contributed by atoms with Crippen molar-refractivity contribution in [2.24, 2.45) is 0 Å². The number of rotatable bonds is 3. The second-order valence-corrected chi connectivity index (χ2v) is 6.83. The molecule has 1 atom stereocenters. The number of aromatic hydroxyl groups is 1. The number of benzene rings is 2. The van der Waals surface area contributed by atoms with Crippen molar-refractivity contribution in [3.05, 3.63) is 64.8 Å². The van der Waals surface area contributed by atoms with Crippen molar-refractivity contribution in [1.29, 1.82) is 0 Å². The molecule has 1 aromatic heterocycles. The highest BCUT2D eigenvalue weighted by molar-refractivity contribution is 5.95. The first-order valence-electron chi connectivity index (χ1n) is 8.81. The van der Waals surface area contributed by atoms with Crippen LogP contribution in [-0.4, -0.2) is 27.9 Å². The van der Waals surface area contributed by atoms with Gasteiger partial charge < -0.3 is 15.2 Å². The van der Waals surface area contributed by atoms with E-state index >= 15 is 0 Å². The molecule has 2 heterocycles. The number of methoxy groups -OCH3 is 1. The van der Waals surface area contributed by atoms with Crippen LogP contribution in [0.4, 0.5) is 5.82 Å². The van der Waals surface area contributed by atoms with E-state index < -0.39 is 0 Å². The molecule has 0 saturated heterocycles. The topological polar surface area (TPSA) is 76.4 Å². The standard InChI is InChI=1S/C21H21N3O3/c1-12-4-7-15(8-5-12)24-21-20(13(2)23-24)16(11-19(26)22-21)14-6-9-18(27-3)17(25)10-14/h4-10,16,25H,11H2,1-3H3,(H,22,26). The molecule has 0 aliphatic carbocycles. The van der Waals surface area contributed by atoms with Crippen LogP contribution in [0.2, 0.25) is 0 Å². The molecule has 2 aromatic carbocycles. The van der Waals surface area contributed by atoms with Crippen LogP contribution < -0.4 is 10.1 Å². The molecule has 1 aliphatic rings. The van der Waals surface area contributed by atoms with E-state index in [0.717, 1.165) is 28.1 Å². The molecule has 1 unspecified atom stereocenters. The SMILES string of the molecule is COc1ccc(C2CC(=O)Nc3c2c(C)nn3-c2ccc(C)cc2)cc1O. The van der Waals surface area contributed by atoms with E-state index in [9.17, 15) is 9.90 Å². The Hall–Kier alpha value is -3.28. The average molecular weight is 363 g/mol. The summed E-state index contributed by atoms with van der Waals surface area (Å²) in [7, 11) is 1.51. The Bertz CT molecular complexity index is 1020. The van der Waals surface area contributed by atoms with E-state index in [0.29, 0.717) is 18.0 Å². The zero-order valence-corrected chi connectivity index (χ0v) is 15.5. The number of nitrogens with one attached hydrogen (secondary N) is 1. The van der Waals surface area contributed by atoms with E-state index in [2.05, 4.69) is 10.4 Å². The molecule has 27 heavy (non-hydrogen) atoms. The van der Waals surface area contributed by atoms with Gasteiger partial charge in [-0.2, -0.15) is 5.10 Å². The largest absolute Gasteiger partial charge is 0.504 e. The smallest absolute Gasteiger partial charge is 0.226 e. The van der Waals surface area contributed by atoms with Crippen LogP contribution in [0.5, 0.6) is 11.5 Å². The number of amides is 1. The summed E-state index contributed by atoms with van der Waals surface area (Å²) in [4.78, 5) is 12.4. The van der Waals surface area contributed by atoms with Crippen LogP contribution in [0.15, 0.2) is 42.5 Å². The summed E-state index contributed by atoms with van der Waals surface area (Å²) in [6, 6.07) is 13.3. The zero-order valence-electron chi connectivity index (χ0n) is 15.5. The zero-order chi connectivity index (χ0) is 19.1. The number of carbonyl (C=O) groups excluding carboxylic acids is 1. The van der Waals surface area contributed by atoms with Gasteiger partial charge in [0.25, 0.3) is 0 Å². The molecule has 6 nitrogen and oxygen atoms in total. The molecule has 6 heteroatoms. The highest BCUT2D eigenvalue weighted by Crippen LogP contribution is 2.42. The first kappa shape index (κ1) is 17.1. The van der Waals surface area contributed by atoms with Gasteiger partial charge in [-0.25, -0.2) is 4.68 Å². The molecule has 0 radical (unpaired) electrons. The lowest BCUT2D eigenvalue weighted by molar-refractivity contribution is -0.116. The van der Waals surface area contributed by atoms with Crippen LogP contribution in [-0.2, 0) is 4.79 Å². The molecular formula is C21H21N3O3. The van der Waals surface area contributed by atoms with Gasteiger partial charge in [0.05, 0.1) is 18.5 Å². The van der Waals surface area contributed by atoms with Gasteiger partial charge in [0.15, 0.2) is 11.5 Å². The van der Waals surface area contributed by atoms with Crippen LogP contribution >= 0.6 is 0 Å². The summed E-state index contributed by atoms with van der Waals surface area (Å²) in [6.07, 6.45) is 0.305. The van der Waals surface area contributed by atoms with Crippen LogP contribution in [0.3, 0.4) is 0 Å². The Labute approximate surface area is 157 Å². The fourth-order valence-electron chi connectivity index (χ4n) is 3.63. The molecule has 138 valence electrons. The molecule has 0 bridgehead atoms. The van der Waals surface area contributed by atoms with Gasteiger partial charge in [0.2, 0.25) is 5.91 Å². The maximum Gasteiger partial charge on any atom is 0.226 e. The van der Waals surface area contributed by atoms with Gasteiger partial charge in [-0.15, -0.1) is 0 Å². The highest BCUT2D eigenvalue weighted by Gasteiger charge is 2.33. The fraction of sp³-hybridized carbons (Fsp3) is 0.238. The fourth-order valence-corrected chi connectivity index (χ4v) is 3.63. The Balaban J connectivity index is 1.84. The summed E-state index contributed by atoms with van der Waals surface area (Å²) in [5.74, 6) is 0.908. The molecule has 1 aliphatic heterocycles. The Morgan fingerprint density at radius 2 is 1.93 bits per heavy atom. The predicted molar refractivity (Wildman–Crippen MR) is 103 cm³/mol. The average Bonchev–Trinajstić information content (AvgIpc) is 2.98. The van der Waals surface area contributed by atoms with Crippen molar-refractivity contribution in [2.75, 3.05) is 12.4 Å². The van der Waals surface area contributed by atoms with Crippen LogP contribution in [0.1, 0.15) is 34.7 Å². The summed E-state index contributed by atoms with van der Waals surface area (Å²) in [5, 5.41) is 17.8. The number of phenolic OH excluding ortho intramolecular Hbond substituents is 1. The Kier molecular flexibility index (Phi) is 4.11. The molecule has 0 saturated carbocycles. The third kappa shape index (κ3) is 2.93. The van der Waals surface area contributed by atoms with Crippen LogP contribution in [0, 0.1) is 13.8 Å². The molecule has 4 rings (SSSR count). The number of aromatic nitrogens is 2. The lowest BCUT2D eigenvalue weighted by Crippen LogP contribution is -2.24. The highest BCUT2D eigenvalue weighted by atomic mass is 16.5. The van der Waals surface area contributed by atoms with E-state index in [1.165, 1.54) is 7.11 Å². The minimum absolute atomic E-state index is 0.0612. The summed E-state index contributed by atoms with van der Waals surface area (Å²) in [5.41, 5.74) is 4.73. The van der Waals surface area contributed by atoms with Gasteiger partial charge in [0, 0.05) is 17.9 Å².